The molecule has 0 atom stereocenters. The van der Waals surface area contributed by atoms with E-state index >= 15 is 0 Å². The summed E-state index contributed by atoms with van der Waals surface area (Å²) in [6.07, 6.45) is 7.70. The Balaban J connectivity index is 2.32. The Labute approximate surface area is 73.7 Å². The highest BCUT2D eigenvalue weighted by atomic mass is 35.5. The SMILES string of the molecule is SC1(CCCl)CCCCC1. The molecule has 0 aliphatic heterocycles. The molecule has 0 spiro atoms. The second-order valence-electron chi connectivity index (χ2n) is 3.22. The van der Waals surface area contributed by atoms with Crippen LogP contribution < -0.4 is 0 Å². The van der Waals surface area contributed by atoms with Gasteiger partial charge in [0.05, 0.1) is 0 Å². The molecule has 0 aromatic heterocycles. The first-order valence-corrected chi connectivity index (χ1v) is 5.03. The molecule has 60 valence electrons. The summed E-state index contributed by atoms with van der Waals surface area (Å²) >= 11 is 10.3. The van der Waals surface area contributed by atoms with Crippen LogP contribution in [-0.2, 0) is 0 Å². The molecule has 0 radical (unpaired) electrons. The van der Waals surface area contributed by atoms with Crippen LogP contribution >= 0.6 is 24.2 Å². The molecule has 0 bridgehead atoms. The number of thiol groups is 1. The molecule has 0 unspecified atom stereocenters. The average Bonchev–Trinajstić information content (AvgIpc) is 1.89. The Morgan fingerprint density at radius 2 is 1.80 bits per heavy atom. The Hall–Kier alpha value is 0.640. The third kappa shape index (κ3) is 2.35. The van der Waals surface area contributed by atoms with E-state index in [1.807, 2.05) is 0 Å². The molecular weight excluding hydrogens is 164 g/mol. The molecule has 0 amide bonds. The van der Waals surface area contributed by atoms with Crippen molar-refractivity contribution in [1.29, 1.82) is 0 Å². The van der Waals surface area contributed by atoms with Crippen molar-refractivity contribution in [3.8, 4) is 0 Å². The highest BCUT2D eigenvalue weighted by Gasteiger charge is 2.26. The average molecular weight is 179 g/mol. The van der Waals surface area contributed by atoms with Gasteiger partial charge in [-0.15, -0.1) is 11.6 Å². The monoisotopic (exact) mass is 178 g/mol. The molecule has 1 aliphatic rings. The minimum atomic E-state index is 0.292. The Morgan fingerprint density at radius 1 is 1.20 bits per heavy atom. The molecule has 1 aliphatic carbocycles. The van der Waals surface area contributed by atoms with E-state index in [9.17, 15) is 0 Å². The zero-order chi connectivity index (χ0) is 7.45. The van der Waals surface area contributed by atoms with E-state index in [0.29, 0.717) is 4.75 Å². The van der Waals surface area contributed by atoms with E-state index in [4.69, 9.17) is 11.6 Å². The van der Waals surface area contributed by atoms with Crippen molar-refractivity contribution in [2.24, 2.45) is 0 Å². The fourth-order valence-corrected chi connectivity index (χ4v) is 2.56. The molecule has 0 nitrogen and oxygen atoms in total. The van der Waals surface area contributed by atoms with Gasteiger partial charge in [0.2, 0.25) is 0 Å². The largest absolute Gasteiger partial charge is 0.172 e. The Kier molecular flexibility index (Phi) is 3.38. The van der Waals surface area contributed by atoms with Gasteiger partial charge in [0.15, 0.2) is 0 Å². The molecular formula is C8H15ClS. The maximum atomic E-state index is 5.68. The lowest BCUT2D eigenvalue weighted by Gasteiger charge is -2.31. The van der Waals surface area contributed by atoms with Crippen LogP contribution in [0.15, 0.2) is 0 Å². The Morgan fingerprint density at radius 3 is 2.30 bits per heavy atom. The van der Waals surface area contributed by atoms with E-state index in [1.54, 1.807) is 0 Å². The van der Waals surface area contributed by atoms with Gasteiger partial charge in [0.25, 0.3) is 0 Å². The quantitative estimate of drug-likeness (QED) is 0.487. The Bertz CT molecular complexity index is 91.9. The number of rotatable bonds is 2. The van der Waals surface area contributed by atoms with Crippen LogP contribution in [0.5, 0.6) is 0 Å². The van der Waals surface area contributed by atoms with Crippen LogP contribution in [0.1, 0.15) is 38.5 Å². The van der Waals surface area contributed by atoms with Crippen molar-refractivity contribution in [3.63, 3.8) is 0 Å². The van der Waals surface area contributed by atoms with Crippen molar-refractivity contribution in [1.82, 2.24) is 0 Å². The minimum Gasteiger partial charge on any atom is -0.172 e. The molecule has 10 heavy (non-hydrogen) atoms. The summed E-state index contributed by atoms with van der Waals surface area (Å²) in [6, 6.07) is 0. The van der Waals surface area contributed by atoms with Crippen molar-refractivity contribution in [2.75, 3.05) is 5.88 Å². The van der Waals surface area contributed by atoms with Crippen LogP contribution in [0.3, 0.4) is 0 Å². The molecule has 0 aromatic rings. The van der Waals surface area contributed by atoms with Gasteiger partial charge in [-0.1, -0.05) is 19.3 Å². The fraction of sp³-hybridized carbons (Fsp3) is 1.00. The van der Waals surface area contributed by atoms with Crippen LogP contribution in [0.25, 0.3) is 0 Å². The van der Waals surface area contributed by atoms with E-state index in [-0.39, 0.29) is 0 Å². The summed E-state index contributed by atoms with van der Waals surface area (Å²) in [6.45, 7) is 0. The zero-order valence-corrected chi connectivity index (χ0v) is 7.93. The molecule has 0 saturated heterocycles. The van der Waals surface area contributed by atoms with Gasteiger partial charge in [0, 0.05) is 10.6 Å². The van der Waals surface area contributed by atoms with E-state index in [1.165, 1.54) is 32.1 Å². The smallest absolute Gasteiger partial charge is 0.0236 e. The number of alkyl halides is 1. The molecule has 1 rings (SSSR count). The van der Waals surface area contributed by atoms with Gasteiger partial charge >= 0.3 is 0 Å². The first kappa shape index (κ1) is 8.73. The highest BCUT2D eigenvalue weighted by molar-refractivity contribution is 7.81. The molecule has 0 heterocycles. The lowest BCUT2D eigenvalue weighted by molar-refractivity contribution is 0.392. The lowest BCUT2D eigenvalue weighted by atomic mass is 9.86. The molecule has 1 fully saturated rings. The second kappa shape index (κ2) is 3.87. The van der Waals surface area contributed by atoms with Crippen LogP contribution in [0, 0.1) is 0 Å². The third-order valence-electron chi connectivity index (χ3n) is 2.34. The van der Waals surface area contributed by atoms with Gasteiger partial charge in [-0.25, -0.2) is 0 Å². The molecule has 0 N–H and O–H groups in total. The summed E-state index contributed by atoms with van der Waals surface area (Å²) in [7, 11) is 0. The van der Waals surface area contributed by atoms with Crippen LogP contribution in [0.4, 0.5) is 0 Å². The maximum absolute atomic E-state index is 5.68. The summed E-state index contributed by atoms with van der Waals surface area (Å²) in [5.41, 5.74) is 0. The summed E-state index contributed by atoms with van der Waals surface area (Å²) in [5, 5.41) is 0. The number of hydrogen-bond acceptors (Lipinski definition) is 1. The predicted octanol–water partition coefficient (Wildman–Crippen LogP) is 3.25. The second-order valence-corrected chi connectivity index (χ2v) is 4.55. The summed E-state index contributed by atoms with van der Waals surface area (Å²) in [5.74, 6) is 0.767. The fourth-order valence-electron chi connectivity index (χ4n) is 1.64. The van der Waals surface area contributed by atoms with Gasteiger partial charge in [-0.2, -0.15) is 12.6 Å². The zero-order valence-electron chi connectivity index (χ0n) is 6.27. The highest BCUT2D eigenvalue weighted by Crippen LogP contribution is 2.36. The molecule has 2 heteroatoms. The lowest BCUT2D eigenvalue weighted by Crippen LogP contribution is -2.25. The first-order chi connectivity index (χ1) is 4.77. The van der Waals surface area contributed by atoms with Crippen molar-refractivity contribution < 1.29 is 0 Å². The van der Waals surface area contributed by atoms with Crippen molar-refractivity contribution >= 4 is 24.2 Å². The predicted molar refractivity (Wildman–Crippen MR) is 50.1 cm³/mol. The van der Waals surface area contributed by atoms with Crippen molar-refractivity contribution in [3.05, 3.63) is 0 Å². The van der Waals surface area contributed by atoms with E-state index in [2.05, 4.69) is 12.6 Å². The van der Waals surface area contributed by atoms with Crippen LogP contribution in [0.2, 0.25) is 0 Å². The van der Waals surface area contributed by atoms with Gasteiger partial charge < -0.3 is 0 Å². The normalized spacial score (nSPS) is 24.6. The van der Waals surface area contributed by atoms with Gasteiger partial charge in [0.1, 0.15) is 0 Å². The number of halogens is 1. The van der Waals surface area contributed by atoms with Crippen LogP contribution in [-0.4, -0.2) is 10.6 Å². The third-order valence-corrected chi connectivity index (χ3v) is 3.20. The molecule has 0 aromatic carbocycles. The van der Waals surface area contributed by atoms with E-state index < -0.39 is 0 Å². The van der Waals surface area contributed by atoms with Gasteiger partial charge in [-0.05, 0) is 19.3 Å². The summed E-state index contributed by atoms with van der Waals surface area (Å²) < 4.78 is 0.292. The topological polar surface area (TPSA) is 0 Å². The first-order valence-electron chi connectivity index (χ1n) is 4.05. The molecule has 1 saturated carbocycles. The van der Waals surface area contributed by atoms with E-state index in [0.717, 1.165) is 12.3 Å². The standard InChI is InChI=1S/C8H15ClS/c9-7-6-8(10)4-2-1-3-5-8/h10H,1-7H2. The number of hydrogen-bond donors (Lipinski definition) is 1. The maximum Gasteiger partial charge on any atom is 0.0236 e. The van der Waals surface area contributed by atoms with Crippen molar-refractivity contribution in [2.45, 2.75) is 43.3 Å². The summed E-state index contributed by atoms with van der Waals surface area (Å²) in [4.78, 5) is 0. The van der Waals surface area contributed by atoms with Gasteiger partial charge in [-0.3, -0.25) is 0 Å². The minimum absolute atomic E-state index is 0.292.